The SMILES string of the molecule is CCOC1(C(=O)O)CCC[C@H](F)[C@H]1F. The molecule has 0 amide bonds. The van der Waals surface area contributed by atoms with Crippen LogP contribution in [0.5, 0.6) is 0 Å². The van der Waals surface area contributed by atoms with Crippen LogP contribution in [0.1, 0.15) is 26.2 Å². The van der Waals surface area contributed by atoms with Crippen LogP contribution in [0.2, 0.25) is 0 Å². The number of ether oxygens (including phenoxy) is 1. The van der Waals surface area contributed by atoms with Crippen molar-refractivity contribution in [1.29, 1.82) is 0 Å². The molecule has 82 valence electrons. The number of carboxylic acid groups (broad SMARTS) is 1. The third-order valence-corrected chi connectivity index (χ3v) is 2.56. The Bertz CT molecular complexity index is 218. The van der Waals surface area contributed by atoms with E-state index in [-0.39, 0.29) is 19.4 Å². The molecule has 0 aromatic rings. The first kappa shape index (κ1) is 11.4. The van der Waals surface area contributed by atoms with Gasteiger partial charge < -0.3 is 9.84 Å². The Kier molecular flexibility index (Phi) is 3.42. The van der Waals surface area contributed by atoms with Crippen LogP contribution in [-0.4, -0.2) is 35.6 Å². The summed E-state index contributed by atoms with van der Waals surface area (Å²) in [5, 5.41) is 8.88. The number of hydrogen-bond donors (Lipinski definition) is 1. The van der Waals surface area contributed by atoms with Gasteiger partial charge in [-0.2, -0.15) is 0 Å². The van der Waals surface area contributed by atoms with Crippen molar-refractivity contribution in [3.8, 4) is 0 Å². The molecule has 3 atom stereocenters. The Morgan fingerprint density at radius 2 is 2.29 bits per heavy atom. The molecule has 3 nitrogen and oxygen atoms in total. The highest BCUT2D eigenvalue weighted by Crippen LogP contribution is 2.36. The van der Waals surface area contributed by atoms with Crippen LogP contribution in [0.3, 0.4) is 0 Å². The van der Waals surface area contributed by atoms with Crippen LogP contribution in [0.15, 0.2) is 0 Å². The zero-order valence-corrected chi connectivity index (χ0v) is 8.00. The lowest BCUT2D eigenvalue weighted by Gasteiger charge is -2.37. The summed E-state index contributed by atoms with van der Waals surface area (Å²) in [5.41, 5.74) is -1.97. The van der Waals surface area contributed by atoms with Gasteiger partial charge in [0.05, 0.1) is 0 Å². The maximum atomic E-state index is 13.5. The molecule has 0 heterocycles. The van der Waals surface area contributed by atoms with Gasteiger partial charge in [0.2, 0.25) is 0 Å². The second-order valence-electron chi connectivity index (χ2n) is 3.44. The first-order chi connectivity index (χ1) is 6.54. The van der Waals surface area contributed by atoms with E-state index in [1.54, 1.807) is 6.92 Å². The topological polar surface area (TPSA) is 46.5 Å². The lowest BCUT2D eigenvalue weighted by molar-refractivity contribution is -0.187. The van der Waals surface area contributed by atoms with Crippen molar-refractivity contribution in [2.45, 2.75) is 44.1 Å². The Labute approximate surface area is 81.1 Å². The molecule has 0 aromatic heterocycles. The lowest BCUT2D eigenvalue weighted by Crippen LogP contribution is -2.56. The van der Waals surface area contributed by atoms with Crippen LogP contribution in [0.25, 0.3) is 0 Å². The van der Waals surface area contributed by atoms with E-state index < -0.39 is 23.9 Å². The third kappa shape index (κ3) is 1.73. The quantitative estimate of drug-likeness (QED) is 0.767. The van der Waals surface area contributed by atoms with E-state index in [9.17, 15) is 13.6 Å². The molecule has 0 saturated heterocycles. The molecule has 1 rings (SSSR count). The number of alkyl halides is 2. The molecule has 0 aromatic carbocycles. The summed E-state index contributed by atoms with van der Waals surface area (Å²) < 4.78 is 31.4. The Hall–Kier alpha value is -0.710. The smallest absolute Gasteiger partial charge is 0.339 e. The van der Waals surface area contributed by atoms with E-state index in [1.165, 1.54) is 0 Å². The third-order valence-electron chi connectivity index (χ3n) is 2.56. The van der Waals surface area contributed by atoms with Crippen molar-refractivity contribution in [3.63, 3.8) is 0 Å². The van der Waals surface area contributed by atoms with Gasteiger partial charge in [-0.25, -0.2) is 13.6 Å². The predicted molar refractivity (Wildman–Crippen MR) is 45.6 cm³/mol. The maximum Gasteiger partial charge on any atom is 0.339 e. The van der Waals surface area contributed by atoms with Crippen molar-refractivity contribution in [1.82, 2.24) is 0 Å². The minimum Gasteiger partial charge on any atom is -0.479 e. The van der Waals surface area contributed by atoms with Crippen LogP contribution in [0, 0.1) is 0 Å². The van der Waals surface area contributed by atoms with E-state index in [1.807, 2.05) is 0 Å². The average molecular weight is 208 g/mol. The second-order valence-corrected chi connectivity index (χ2v) is 3.44. The van der Waals surface area contributed by atoms with Gasteiger partial charge in [-0.3, -0.25) is 0 Å². The highest BCUT2D eigenvalue weighted by molar-refractivity contribution is 5.78. The lowest BCUT2D eigenvalue weighted by atomic mass is 9.82. The van der Waals surface area contributed by atoms with Crippen LogP contribution in [0.4, 0.5) is 8.78 Å². The predicted octanol–water partition coefficient (Wildman–Crippen LogP) is 1.71. The van der Waals surface area contributed by atoms with Gasteiger partial charge in [0, 0.05) is 6.61 Å². The molecule has 1 saturated carbocycles. The maximum absolute atomic E-state index is 13.5. The first-order valence-electron chi connectivity index (χ1n) is 4.70. The van der Waals surface area contributed by atoms with Crippen LogP contribution < -0.4 is 0 Å². The molecule has 14 heavy (non-hydrogen) atoms. The van der Waals surface area contributed by atoms with Gasteiger partial charge in [-0.1, -0.05) is 0 Å². The van der Waals surface area contributed by atoms with Crippen molar-refractivity contribution < 1.29 is 23.4 Å². The average Bonchev–Trinajstić information content (AvgIpc) is 2.13. The Morgan fingerprint density at radius 3 is 2.79 bits per heavy atom. The fraction of sp³-hybridized carbons (Fsp3) is 0.889. The number of carboxylic acids is 1. The number of halogens is 2. The second kappa shape index (κ2) is 4.21. The van der Waals surface area contributed by atoms with Gasteiger partial charge in [0.15, 0.2) is 11.8 Å². The first-order valence-corrected chi connectivity index (χ1v) is 4.70. The summed E-state index contributed by atoms with van der Waals surface area (Å²) in [4.78, 5) is 10.9. The van der Waals surface area contributed by atoms with Gasteiger partial charge >= 0.3 is 5.97 Å². The van der Waals surface area contributed by atoms with Gasteiger partial charge in [-0.05, 0) is 26.2 Å². The Balaban J connectivity index is 2.88. The summed E-state index contributed by atoms with van der Waals surface area (Å²) in [5.74, 6) is -1.41. The molecule has 0 bridgehead atoms. The normalized spacial score (nSPS) is 38.2. The van der Waals surface area contributed by atoms with E-state index in [0.717, 1.165) is 0 Å². The molecule has 5 heteroatoms. The summed E-state index contributed by atoms with van der Waals surface area (Å²) in [7, 11) is 0. The molecule has 1 N–H and O–H groups in total. The standard InChI is InChI=1S/C9H14F2O3/c1-2-14-9(8(12)13)5-3-4-6(10)7(9)11/h6-7H,2-5H2,1H3,(H,12,13)/t6-,7+,9?/m0/s1. The van der Waals surface area contributed by atoms with E-state index in [4.69, 9.17) is 9.84 Å². The molecule has 0 spiro atoms. The van der Waals surface area contributed by atoms with Gasteiger partial charge in [-0.15, -0.1) is 0 Å². The summed E-state index contributed by atoms with van der Waals surface area (Å²) in [6.45, 7) is 1.64. The molecule has 1 fully saturated rings. The van der Waals surface area contributed by atoms with Crippen molar-refractivity contribution >= 4 is 5.97 Å². The van der Waals surface area contributed by atoms with Gasteiger partial charge in [0.1, 0.15) is 6.17 Å². The van der Waals surface area contributed by atoms with Crippen LogP contribution >= 0.6 is 0 Å². The summed E-state index contributed by atoms with van der Waals surface area (Å²) in [6.07, 6.45) is -3.34. The molecule has 0 radical (unpaired) electrons. The minimum absolute atomic E-state index is 0.0394. The fourth-order valence-electron chi connectivity index (χ4n) is 1.83. The van der Waals surface area contributed by atoms with Crippen molar-refractivity contribution in [3.05, 3.63) is 0 Å². The van der Waals surface area contributed by atoms with Gasteiger partial charge in [0.25, 0.3) is 0 Å². The molecular weight excluding hydrogens is 194 g/mol. The number of rotatable bonds is 3. The number of hydrogen-bond acceptors (Lipinski definition) is 2. The van der Waals surface area contributed by atoms with Crippen molar-refractivity contribution in [2.75, 3.05) is 6.61 Å². The zero-order valence-electron chi connectivity index (χ0n) is 8.00. The molecular formula is C9H14F2O3. The zero-order chi connectivity index (χ0) is 10.8. The fourth-order valence-corrected chi connectivity index (χ4v) is 1.83. The number of carbonyl (C=O) groups is 1. The highest BCUT2D eigenvalue weighted by Gasteiger charge is 2.53. The molecule has 1 aliphatic carbocycles. The number of aliphatic carboxylic acids is 1. The van der Waals surface area contributed by atoms with Crippen LogP contribution in [-0.2, 0) is 9.53 Å². The highest BCUT2D eigenvalue weighted by atomic mass is 19.2. The largest absolute Gasteiger partial charge is 0.479 e. The van der Waals surface area contributed by atoms with E-state index in [0.29, 0.717) is 6.42 Å². The van der Waals surface area contributed by atoms with E-state index >= 15 is 0 Å². The summed E-state index contributed by atoms with van der Waals surface area (Å²) in [6, 6.07) is 0. The molecule has 1 aliphatic rings. The Morgan fingerprint density at radius 1 is 1.64 bits per heavy atom. The minimum atomic E-state index is -2.06. The summed E-state index contributed by atoms with van der Waals surface area (Å²) >= 11 is 0. The monoisotopic (exact) mass is 208 g/mol. The van der Waals surface area contributed by atoms with Crippen molar-refractivity contribution in [2.24, 2.45) is 0 Å². The van der Waals surface area contributed by atoms with E-state index in [2.05, 4.69) is 0 Å². The molecule has 1 unspecified atom stereocenters. The molecule has 0 aliphatic heterocycles.